The number of methoxy groups -OCH3 is 1. The van der Waals surface area contributed by atoms with E-state index in [1.807, 2.05) is 12.1 Å². The third-order valence-electron chi connectivity index (χ3n) is 3.84. The van der Waals surface area contributed by atoms with Crippen molar-refractivity contribution in [2.45, 2.75) is 26.8 Å². The Morgan fingerprint density at radius 3 is 2.40 bits per heavy atom. The van der Waals surface area contributed by atoms with Crippen molar-refractivity contribution in [2.75, 3.05) is 33.3 Å². The van der Waals surface area contributed by atoms with Gasteiger partial charge in [-0.2, -0.15) is 0 Å². The van der Waals surface area contributed by atoms with E-state index in [1.54, 1.807) is 7.11 Å². The Hall–Kier alpha value is -1.13. The molecule has 0 aliphatic carbocycles. The molecule has 1 aromatic carbocycles. The molecule has 0 bridgehead atoms. The largest absolute Gasteiger partial charge is 0.497 e. The molecule has 0 amide bonds. The third-order valence-corrected chi connectivity index (χ3v) is 3.84. The Balaban J connectivity index is 2.35. The molecule has 1 saturated heterocycles. The second-order valence-corrected chi connectivity index (χ2v) is 6.44. The highest BCUT2D eigenvalue weighted by Gasteiger charge is 2.34. The van der Waals surface area contributed by atoms with Crippen LogP contribution in [0.4, 0.5) is 4.39 Å². The topological polar surface area (TPSA) is 24.5 Å². The molecule has 3 nitrogen and oxygen atoms in total. The second kappa shape index (κ2) is 6.10. The number of rotatable bonds is 3. The van der Waals surface area contributed by atoms with Crippen LogP contribution in [0.5, 0.6) is 5.75 Å². The predicted molar refractivity (Wildman–Crippen MR) is 79.6 cm³/mol. The van der Waals surface area contributed by atoms with Crippen molar-refractivity contribution in [2.24, 2.45) is 5.41 Å². The molecule has 20 heavy (non-hydrogen) atoms. The fourth-order valence-corrected chi connectivity index (χ4v) is 3.01. The van der Waals surface area contributed by atoms with Gasteiger partial charge in [0.25, 0.3) is 0 Å². The minimum Gasteiger partial charge on any atom is -0.497 e. The van der Waals surface area contributed by atoms with Crippen LogP contribution in [0.15, 0.2) is 18.2 Å². The predicted octanol–water partition coefficient (Wildman–Crippen LogP) is 2.83. The van der Waals surface area contributed by atoms with Crippen molar-refractivity contribution >= 4 is 0 Å². The van der Waals surface area contributed by atoms with E-state index in [-0.39, 0.29) is 17.3 Å². The van der Waals surface area contributed by atoms with Gasteiger partial charge in [-0.3, -0.25) is 4.90 Å². The van der Waals surface area contributed by atoms with Crippen LogP contribution in [0.3, 0.4) is 0 Å². The van der Waals surface area contributed by atoms with E-state index in [0.29, 0.717) is 5.75 Å². The summed E-state index contributed by atoms with van der Waals surface area (Å²) in [5.41, 5.74) is 0.743. The van der Waals surface area contributed by atoms with Crippen molar-refractivity contribution in [3.8, 4) is 5.75 Å². The van der Waals surface area contributed by atoms with Crippen LogP contribution in [0.2, 0.25) is 0 Å². The highest BCUT2D eigenvalue weighted by Crippen LogP contribution is 2.39. The van der Waals surface area contributed by atoms with Crippen molar-refractivity contribution in [3.63, 3.8) is 0 Å². The van der Waals surface area contributed by atoms with Gasteiger partial charge in [0.05, 0.1) is 7.11 Å². The number of nitrogens with zero attached hydrogens (tertiary/aromatic N) is 1. The first kappa shape index (κ1) is 15.3. The van der Waals surface area contributed by atoms with Crippen LogP contribution in [0.1, 0.15) is 32.4 Å². The molecule has 112 valence electrons. The van der Waals surface area contributed by atoms with Gasteiger partial charge in [-0.05, 0) is 11.5 Å². The molecule has 4 heteroatoms. The minimum absolute atomic E-state index is 0.0211. The van der Waals surface area contributed by atoms with Crippen molar-refractivity contribution in [1.29, 1.82) is 0 Å². The summed E-state index contributed by atoms with van der Waals surface area (Å²) in [7, 11) is 1.56. The Kier molecular flexibility index (Phi) is 4.66. The molecule has 1 N–H and O–H groups in total. The summed E-state index contributed by atoms with van der Waals surface area (Å²) in [6, 6.07) is 5.28. The molecule has 1 aliphatic heterocycles. The number of benzene rings is 1. The summed E-state index contributed by atoms with van der Waals surface area (Å²) in [6.45, 7) is 10.3. The van der Waals surface area contributed by atoms with Gasteiger partial charge < -0.3 is 10.1 Å². The first-order valence-electron chi connectivity index (χ1n) is 7.21. The molecular weight excluding hydrogens is 255 g/mol. The Labute approximate surface area is 121 Å². The lowest BCUT2D eigenvalue weighted by Crippen LogP contribution is -2.48. The number of hydrogen-bond acceptors (Lipinski definition) is 3. The van der Waals surface area contributed by atoms with E-state index in [1.165, 1.54) is 6.07 Å². The monoisotopic (exact) mass is 280 g/mol. The molecule has 0 unspecified atom stereocenters. The van der Waals surface area contributed by atoms with Gasteiger partial charge in [0.1, 0.15) is 11.6 Å². The standard InChI is InChI=1S/C16H25FN2O/c1-16(2,3)15(19-9-7-18-8-10-19)13-6-5-12(20-4)11-14(13)17/h5-6,11,15,18H,7-10H2,1-4H3/t15-/m0/s1. The number of nitrogens with one attached hydrogen (secondary N) is 1. The van der Waals surface area contributed by atoms with E-state index in [2.05, 4.69) is 31.0 Å². The normalized spacial score (nSPS) is 18.9. The first-order valence-corrected chi connectivity index (χ1v) is 7.21. The van der Waals surface area contributed by atoms with E-state index < -0.39 is 0 Å². The van der Waals surface area contributed by atoms with Crippen molar-refractivity contribution in [3.05, 3.63) is 29.6 Å². The van der Waals surface area contributed by atoms with Crippen molar-refractivity contribution < 1.29 is 9.13 Å². The summed E-state index contributed by atoms with van der Waals surface area (Å²) < 4.78 is 19.5. The maximum atomic E-state index is 14.5. The van der Waals surface area contributed by atoms with Gasteiger partial charge >= 0.3 is 0 Å². The van der Waals surface area contributed by atoms with Gasteiger partial charge in [0.15, 0.2) is 0 Å². The molecule has 1 aromatic rings. The van der Waals surface area contributed by atoms with E-state index >= 15 is 0 Å². The number of piperazine rings is 1. The van der Waals surface area contributed by atoms with E-state index in [9.17, 15) is 4.39 Å². The van der Waals surface area contributed by atoms with Crippen LogP contribution in [-0.2, 0) is 0 Å². The SMILES string of the molecule is COc1ccc([C@H](N2CCNCC2)C(C)(C)C)c(F)c1. The smallest absolute Gasteiger partial charge is 0.131 e. The summed E-state index contributed by atoms with van der Waals surface area (Å²) in [4.78, 5) is 2.38. The maximum Gasteiger partial charge on any atom is 0.131 e. The fourth-order valence-electron chi connectivity index (χ4n) is 3.01. The van der Waals surface area contributed by atoms with Gasteiger partial charge in [0, 0.05) is 43.9 Å². The molecular formula is C16H25FN2O. The zero-order valence-corrected chi connectivity index (χ0v) is 12.9. The summed E-state index contributed by atoms with van der Waals surface area (Å²) in [6.07, 6.45) is 0. The number of hydrogen-bond donors (Lipinski definition) is 1. The van der Waals surface area contributed by atoms with Crippen LogP contribution in [-0.4, -0.2) is 38.2 Å². The average Bonchev–Trinajstić information content (AvgIpc) is 2.40. The highest BCUT2D eigenvalue weighted by molar-refractivity contribution is 5.32. The third kappa shape index (κ3) is 3.30. The number of halogens is 1. The summed E-state index contributed by atoms with van der Waals surface area (Å²) in [5, 5.41) is 3.35. The van der Waals surface area contributed by atoms with Crippen LogP contribution < -0.4 is 10.1 Å². The lowest BCUT2D eigenvalue weighted by Gasteiger charge is -2.42. The van der Waals surface area contributed by atoms with E-state index in [4.69, 9.17) is 4.74 Å². The maximum absolute atomic E-state index is 14.5. The molecule has 1 heterocycles. The fraction of sp³-hybridized carbons (Fsp3) is 0.625. The molecule has 0 radical (unpaired) electrons. The minimum atomic E-state index is -0.178. The average molecular weight is 280 g/mol. The van der Waals surface area contributed by atoms with Crippen LogP contribution in [0, 0.1) is 11.2 Å². The molecule has 0 saturated carbocycles. The Bertz CT molecular complexity index is 450. The zero-order valence-electron chi connectivity index (χ0n) is 12.9. The molecule has 0 aromatic heterocycles. The lowest BCUT2D eigenvalue weighted by atomic mass is 9.80. The van der Waals surface area contributed by atoms with Gasteiger partial charge in [-0.25, -0.2) is 4.39 Å². The van der Waals surface area contributed by atoms with Crippen LogP contribution >= 0.6 is 0 Å². The summed E-state index contributed by atoms with van der Waals surface area (Å²) in [5.74, 6) is 0.391. The van der Waals surface area contributed by atoms with Crippen LogP contribution in [0.25, 0.3) is 0 Å². The van der Waals surface area contributed by atoms with Crippen molar-refractivity contribution in [1.82, 2.24) is 10.2 Å². The lowest BCUT2D eigenvalue weighted by molar-refractivity contribution is 0.0834. The summed E-state index contributed by atoms with van der Waals surface area (Å²) >= 11 is 0. The van der Waals surface area contributed by atoms with Gasteiger partial charge in [-0.15, -0.1) is 0 Å². The quantitative estimate of drug-likeness (QED) is 0.921. The molecule has 2 rings (SSSR count). The number of ether oxygens (including phenoxy) is 1. The molecule has 1 atom stereocenters. The first-order chi connectivity index (χ1) is 9.43. The Morgan fingerprint density at radius 1 is 1.25 bits per heavy atom. The molecule has 1 fully saturated rings. The Morgan fingerprint density at radius 2 is 1.90 bits per heavy atom. The van der Waals surface area contributed by atoms with E-state index in [0.717, 1.165) is 31.7 Å². The van der Waals surface area contributed by atoms with Gasteiger partial charge in [0.2, 0.25) is 0 Å². The second-order valence-electron chi connectivity index (χ2n) is 6.44. The zero-order chi connectivity index (χ0) is 14.8. The molecule has 1 aliphatic rings. The highest BCUT2D eigenvalue weighted by atomic mass is 19.1. The molecule has 0 spiro atoms. The van der Waals surface area contributed by atoms with Gasteiger partial charge in [-0.1, -0.05) is 26.8 Å².